The Bertz CT molecular complexity index is 595. The molecule has 0 saturated heterocycles. The molecule has 20 heavy (non-hydrogen) atoms. The maximum absolute atomic E-state index is 11.7. The normalized spacial score (nSPS) is 10.1. The molecule has 2 amide bonds. The fourth-order valence-corrected chi connectivity index (χ4v) is 1.52. The molecule has 0 radical (unpaired) electrons. The molecule has 2 aromatic heterocycles. The number of carbonyl (C=O) groups excluding carboxylic acids is 2. The molecular formula is C12H14N6O2. The van der Waals surface area contributed by atoms with Crippen LogP contribution >= 0.6 is 0 Å². The number of rotatable bonds is 5. The molecule has 0 spiro atoms. The summed E-state index contributed by atoms with van der Waals surface area (Å²) in [5.41, 5.74) is 0.915. The predicted octanol–water partition coefficient (Wildman–Crippen LogP) is -0.0521. The van der Waals surface area contributed by atoms with Crippen molar-refractivity contribution >= 4 is 17.6 Å². The number of anilines is 1. The molecule has 2 N–H and O–H groups in total. The van der Waals surface area contributed by atoms with Gasteiger partial charge in [-0.25, -0.2) is 4.68 Å². The highest BCUT2D eigenvalue weighted by Gasteiger charge is 2.06. The van der Waals surface area contributed by atoms with Crippen LogP contribution in [0.2, 0.25) is 0 Å². The number of nitrogens with zero attached hydrogens (tertiary/aromatic N) is 4. The molecule has 0 aliphatic rings. The van der Waals surface area contributed by atoms with E-state index in [-0.39, 0.29) is 18.4 Å². The van der Waals surface area contributed by atoms with Crippen molar-refractivity contribution in [2.45, 2.75) is 20.0 Å². The third-order valence-corrected chi connectivity index (χ3v) is 2.36. The monoisotopic (exact) mass is 274 g/mol. The number of hydrogen-bond acceptors (Lipinski definition) is 5. The second kappa shape index (κ2) is 6.41. The van der Waals surface area contributed by atoms with E-state index in [1.807, 2.05) is 6.07 Å². The first-order valence-corrected chi connectivity index (χ1v) is 5.97. The molecule has 2 rings (SSSR count). The highest BCUT2D eigenvalue weighted by molar-refractivity contribution is 5.87. The SMILES string of the molecule is CC(=O)Nc1cn(CC(=O)NCc2cccnc2)nn1. The Morgan fingerprint density at radius 1 is 1.40 bits per heavy atom. The summed E-state index contributed by atoms with van der Waals surface area (Å²) in [6.07, 6.45) is 4.85. The van der Waals surface area contributed by atoms with Crippen LogP contribution in [0.25, 0.3) is 0 Å². The number of carbonyl (C=O) groups is 2. The van der Waals surface area contributed by atoms with Gasteiger partial charge in [0.25, 0.3) is 0 Å². The fourth-order valence-electron chi connectivity index (χ4n) is 1.52. The van der Waals surface area contributed by atoms with E-state index in [2.05, 4.69) is 25.9 Å². The molecule has 2 aromatic rings. The zero-order valence-electron chi connectivity index (χ0n) is 10.9. The molecular weight excluding hydrogens is 260 g/mol. The van der Waals surface area contributed by atoms with Gasteiger partial charge in [-0.05, 0) is 11.6 Å². The van der Waals surface area contributed by atoms with E-state index < -0.39 is 0 Å². The average molecular weight is 274 g/mol. The van der Waals surface area contributed by atoms with Gasteiger partial charge in [-0.15, -0.1) is 5.10 Å². The van der Waals surface area contributed by atoms with Crippen LogP contribution in [0.1, 0.15) is 12.5 Å². The molecule has 8 heteroatoms. The first-order chi connectivity index (χ1) is 9.63. The van der Waals surface area contributed by atoms with Gasteiger partial charge >= 0.3 is 0 Å². The van der Waals surface area contributed by atoms with Crippen LogP contribution in [0.5, 0.6) is 0 Å². The highest BCUT2D eigenvalue weighted by atomic mass is 16.2. The Kier molecular flexibility index (Phi) is 4.38. The highest BCUT2D eigenvalue weighted by Crippen LogP contribution is 1.99. The largest absolute Gasteiger partial charge is 0.350 e. The third kappa shape index (κ3) is 4.16. The lowest BCUT2D eigenvalue weighted by Crippen LogP contribution is -2.27. The van der Waals surface area contributed by atoms with Crippen LogP contribution in [-0.2, 0) is 22.7 Å². The number of nitrogens with one attached hydrogen (secondary N) is 2. The molecule has 0 unspecified atom stereocenters. The van der Waals surface area contributed by atoms with Crippen LogP contribution in [0.15, 0.2) is 30.7 Å². The van der Waals surface area contributed by atoms with Crippen LogP contribution in [0.4, 0.5) is 5.82 Å². The van der Waals surface area contributed by atoms with Crippen LogP contribution in [0, 0.1) is 0 Å². The summed E-state index contributed by atoms with van der Waals surface area (Å²) in [6.45, 7) is 1.81. The van der Waals surface area contributed by atoms with Gasteiger partial charge in [-0.3, -0.25) is 14.6 Å². The minimum atomic E-state index is -0.238. The van der Waals surface area contributed by atoms with Gasteiger partial charge < -0.3 is 10.6 Å². The Balaban J connectivity index is 1.82. The van der Waals surface area contributed by atoms with E-state index in [0.717, 1.165) is 5.56 Å². The van der Waals surface area contributed by atoms with Crippen LogP contribution < -0.4 is 10.6 Å². The second-order valence-corrected chi connectivity index (χ2v) is 4.12. The lowest BCUT2D eigenvalue weighted by atomic mass is 10.3. The van der Waals surface area contributed by atoms with Crippen molar-refractivity contribution in [3.8, 4) is 0 Å². The van der Waals surface area contributed by atoms with Crippen molar-refractivity contribution in [2.24, 2.45) is 0 Å². The van der Waals surface area contributed by atoms with Crippen LogP contribution in [-0.4, -0.2) is 31.8 Å². The van der Waals surface area contributed by atoms with Gasteiger partial charge in [0.1, 0.15) is 6.54 Å². The zero-order valence-corrected chi connectivity index (χ0v) is 10.9. The van der Waals surface area contributed by atoms with Gasteiger partial charge in [-0.1, -0.05) is 11.3 Å². The summed E-state index contributed by atoms with van der Waals surface area (Å²) >= 11 is 0. The van der Waals surface area contributed by atoms with Crippen molar-refractivity contribution in [3.05, 3.63) is 36.3 Å². The summed E-state index contributed by atoms with van der Waals surface area (Å²) in [5.74, 6) is -0.122. The summed E-state index contributed by atoms with van der Waals surface area (Å²) < 4.78 is 1.35. The summed E-state index contributed by atoms with van der Waals surface area (Å²) in [4.78, 5) is 26.5. The summed E-state index contributed by atoms with van der Waals surface area (Å²) in [7, 11) is 0. The number of pyridine rings is 1. The molecule has 0 aliphatic carbocycles. The summed E-state index contributed by atoms with van der Waals surface area (Å²) in [6, 6.07) is 3.68. The van der Waals surface area contributed by atoms with E-state index in [1.54, 1.807) is 18.5 Å². The van der Waals surface area contributed by atoms with E-state index in [9.17, 15) is 9.59 Å². The van der Waals surface area contributed by atoms with Crippen molar-refractivity contribution in [2.75, 3.05) is 5.32 Å². The van der Waals surface area contributed by atoms with Crippen molar-refractivity contribution in [1.82, 2.24) is 25.3 Å². The molecule has 2 heterocycles. The van der Waals surface area contributed by atoms with E-state index in [0.29, 0.717) is 12.4 Å². The predicted molar refractivity (Wildman–Crippen MR) is 70.4 cm³/mol. The molecule has 8 nitrogen and oxygen atoms in total. The first kappa shape index (κ1) is 13.7. The first-order valence-electron chi connectivity index (χ1n) is 5.97. The van der Waals surface area contributed by atoms with E-state index in [1.165, 1.54) is 17.8 Å². The summed E-state index contributed by atoms with van der Waals surface area (Å²) in [5, 5.41) is 12.7. The van der Waals surface area contributed by atoms with E-state index in [4.69, 9.17) is 0 Å². The molecule has 0 atom stereocenters. The Hall–Kier alpha value is -2.77. The smallest absolute Gasteiger partial charge is 0.242 e. The van der Waals surface area contributed by atoms with Crippen molar-refractivity contribution in [3.63, 3.8) is 0 Å². The second-order valence-electron chi connectivity index (χ2n) is 4.12. The molecule has 0 bridgehead atoms. The minimum Gasteiger partial charge on any atom is -0.350 e. The van der Waals surface area contributed by atoms with Crippen LogP contribution in [0.3, 0.4) is 0 Å². The standard InChI is InChI=1S/C12H14N6O2/c1-9(19)15-11-7-18(17-16-11)8-12(20)14-6-10-3-2-4-13-5-10/h2-5,7H,6,8H2,1H3,(H,14,20)(H,15,19). The quantitative estimate of drug-likeness (QED) is 0.795. The zero-order chi connectivity index (χ0) is 14.4. The molecule has 0 aliphatic heterocycles. The lowest BCUT2D eigenvalue weighted by molar-refractivity contribution is -0.122. The van der Waals surface area contributed by atoms with Gasteiger partial charge in [0.2, 0.25) is 11.8 Å². The minimum absolute atomic E-state index is 0.0346. The Labute approximate surface area is 115 Å². The molecule has 0 saturated carbocycles. The van der Waals surface area contributed by atoms with Crippen molar-refractivity contribution < 1.29 is 9.59 Å². The Morgan fingerprint density at radius 2 is 2.25 bits per heavy atom. The Morgan fingerprint density at radius 3 is 2.95 bits per heavy atom. The molecule has 0 aromatic carbocycles. The number of amides is 2. The fraction of sp³-hybridized carbons (Fsp3) is 0.250. The van der Waals surface area contributed by atoms with Gasteiger partial charge in [0.15, 0.2) is 5.82 Å². The lowest BCUT2D eigenvalue weighted by Gasteiger charge is -2.04. The molecule has 104 valence electrons. The molecule has 0 fully saturated rings. The number of hydrogen-bond donors (Lipinski definition) is 2. The maximum atomic E-state index is 11.7. The van der Waals surface area contributed by atoms with E-state index >= 15 is 0 Å². The average Bonchev–Trinajstić information content (AvgIpc) is 2.84. The van der Waals surface area contributed by atoms with Gasteiger partial charge in [-0.2, -0.15) is 0 Å². The third-order valence-electron chi connectivity index (χ3n) is 2.36. The number of aromatic nitrogens is 4. The van der Waals surface area contributed by atoms with Gasteiger partial charge in [0.05, 0.1) is 6.20 Å². The van der Waals surface area contributed by atoms with Crippen molar-refractivity contribution in [1.29, 1.82) is 0 Å². The topological polar surface area (TPSA) is 102 Å². The van der Waals surface area contributed by atoms with Gasteiger partial charge in [0, 0.05) is 25.9 Å². The maximum Gasteiger partial charge on any atom is 0.242 e.